The number of nitrogens with one attached hydrogen (secondary N) is 1. The van der Waals surface area contributed by atoms with Crippen molar-refractivity contribution in [2.75, 3.05) is 6.26 Å². The van der Waals surface area contributed by atoms with Gasteiger partial charge in [0.1, 0.15) is 5.56 Å². The quantitative estimate of drug-likeness (QED) is 0.631. The zero-order chi connectivity index (χ0) is 22.9. The van der Waals surface area contributed by atoms with E-state index in [1.54, 1.807) is 36.7 Å². The second-order valence-electron chi connectivity index (χ2n) is 8.06. The molecule has 1 unspecified atom stereocenters. The minimum atomic E-state index is -1.06. The molecule has 4 rings (SSSR count). The first kappa shape index (κ1) is 21.7. The van der Waals surface area contributed by atoms with Crippen LogP contribution in [0.15, 0.2) is 70.5 Å². The highest BCUT2D eigenvalue weighted by atomic mass is 32.2. The first-order valence-corrected chi connectivity index (χ1v) is 11.8. The molecule has 1 saturated carbocycles. The van der Waals surface area contributed by atoms with Crippen molar-refractivity contribution in [1.29, 1.82) is 5.26 Å². The van der Waals surface area contributed by atoms with Crippen molar-refractivity contribution in [3.05, 3.63) is 99.0 Å². The summed E-state index contributed by atoms with van der Waals surface area (Å²) in [6.07, 6.45) is 5.06. The molecule has 1 heterocycles. The molecule has 0 spiro atoms. The van der Waals surface area contributed by atoms with E-state index in [1.165, 1.54) is 6.07 Å². The van der Waals surface area contributed by atoms with E-state index in [0.717, 1.165) is 34.6 Å². The van der Waals surface area contributed by atoms with Gasteiger partial charge >= 0.3 is 0 Å². The van der Waals surface area contributed by atoms with Crippen LogP contribution in [0.5, 0.6) is 0 Å². The Morgan fingerprint density at radius 2 is 1.81 bits per heavy atom. The summed E-state index contributed by atoms with van der Waals surface area (Å²) in [6, 6.07) is 18.3. The van der Waals surface area contributed by atoms with Gasteiger partial charge in [-0.25, -0.2) is 0 Å². The van der Waals surface area contributed by atoms with Gasteiger partial charge in [0.2, 0.25) is 0 Å². The molecule has 1 N–H and O–H groups in total. The van der Waals surface area contributed by atoms with Crippen molar-refractivity contribution in [3.8, 4) is 6.07 Å². The molecule has 2 aromatic carbocycles. The van der Waals surface area contributed by atoms with Gasteiger partial charge in [-0.15, -0.1) is 0 Å². The van der Waals surface area contributed by atoms with Crippen LogP contribution in [-0.4, -0.2) is 20.9 Å². The van der Waals surface area contributed by atoms with E-state index in [4.69, 9.17) is 5.26 Å². The maximum atomic E-state index is 12.8. The van der Waals surface area contributed by atoms with E-state index in [9.17, 15) is 13.8 Å². The number of pyridine rings is 1. The third-order valence-corrected chi connectivity index (χ3v) is 6.87. The summed E-state index contributed by atoms with van der Waals surface area (Å²) in [5, 5.41) is 11.9. The Morgan fingerprint density at radius 1 is 1.16 bits per heavy atom. The van der Waals surface area contributed by atoms with E-state index in [2.05, 4.69) is 11.4 Å². The Balaban J connectivity index is 1.58. The van der Waals surface area contributed by atoms with Crippen LogP contribution in [-0.2, 0) is 22.9 Å². The molecule has 1 amide bonds. The first-order chi connectivity index (χ1) is 15.3. The monoisotopic (exact) mass is 445 g/mol. The number of aromatic nitrogens is 1. The fourth-order valence-electron chi connectivity index (χ4n) is 3.98. The molecule has 6 nitrogen and oxygen atoms in total. The van der Waals surface area contributed by atoms with Gasteiger partial charge in [-0.1, -0.05) is 24.3 Å². The number of nitrogens with zero attached hydrogens (tertiary/aromatic N) is 2. The standard InChI is InChI=1S/C25H23N3O3S/c1-17-13-23(29)22(24(30)27-15-19-5-9-21(10-6-19)32(2)31)16-28(17)25(11-12-25)20-7-3-18(14-26)4-8-20/h3-10,13,16H,11-12,15H2,1-2H3,(H,27,30). The highest BCUT2D eigenvalue weighted by Crippen LogP contribution is 2.49. The molecule has 1 aromatic heterocycles. The predicted octanol–water partition coefficient (Wildman–Crippen LogP) is 3.23. The number of carbonyl (C=O) groups excluding carboxylic acids is 1. The number of benzene rings is 2. The Kier molecular flexibility index (Phi) is 5.81. The average molecular weight is 446 g/mol. The van der Waals surface area contributed by atoms with Crippen molar-refractivity contribution in [3.63, 3.8) is 0 Å². The Hall–Kier alpha value is -3.50. The lowest BCUT2D eigenvalue weighted by Gasteiger charge is -2.24. The lowest BCUT2D eigenvalue weighted by atomic mass is 10.0. The van der Waals surface area contributed by atoms with E-state index in [-0.39, 0.29) is 23.1 Å². The zero-order valence-electron chi connectivity index (χ0n) is 17.9. The minimum absolute atomic E-state index is 0.0989. The van der Waals surface area contributed by atoms with Gasteiger partial charge in [0.15, 0.2) is 5.43 Å². The number of carbonyl (C=O) groups is 1. The van der Waals surface area contributed by atoms with Crippen LogP contribution in [0.4, 0.5) is 0 Å². The highest BCUT2D eigenvalue weighted by Gasteiger charge is 2.46. The fraction of sp³-hybridized carbons (Fsp3) is 0.240. The molecule has 0 radical (unpaired) electrons. The third-order valence-electron chi connectivity index (χ3n) is 5.93. The van der Waals surface area contributed by atoms with Gasteiger partial charge in [0.05, 0.1) is 17.2 Å². The Morgan fingerprint density at radius 3 is 2.38 bits per heavy atom. The molecular weight excluding hydrogens is 422 g/mol. The van der Waals surface area contributed by atoms with Crippen LogP contribution in [0.25, 0.3) is 0 Å². The largest absolute Gasteiger partial charge is 0.348 e. The van der Waals surface area contributed by atoms with Crippen LogP contribution < -0.4 is 10.7 Å². The summed E-state index contributed by atoms with van der Waals surface area (Å²) >= 11 is 0. The topological polar surface area (TPSA) is 92.0 Å². The zero-order valence-corrected chi connectivity index (χ0v) is 18.7. The van der Waals surface area contributed by atoms with Gasteiger partial charge < -0.3 is 9.88 Å². The molecule has 3 aromatic rings. The molecule has 1 atom stereocenters. The highest BCUT2D eigenvalue weighted by molar-refractivity contribution is 7.84. The summed E-state index contributed by atoms with van der Waals surface area (Å²) in [7, 11) is -1.06. The number of hydrogen-bond donors (Lipinski definition) is 1. The lowest BCUT2D eigenvalue weighted by molar-refractivity contribution is 0.0949. The third kappa shape index (κ3) is 4.14. The van der Waals surface area contributed by atoms with Crippen LogP contribution >= 0.6 is 0 Å². The SMILES string of the molecule is Cc1cc(=O)c(C(=O)NCc2ccc(S(C)=O)cc2)cn1C1(c2ccc(C#N)cc2)CC1. The van der Waals surface area contributed by atoms with Crippen molar-refractivity contribution in [2.24, 2.45) is 0 Å². The summed E-state index contributed by atoms with van der Waals surface area (Å²) in [4.78, 5) is 26.1. The van der Waals surface area contributed by atoms with Gasteiger partial charge in [-0.3, -0.25) is 13.8 Å². The second kappa shape index (κ2) is 8.56. The van der Waals surface area contributed by atoms with Crippen molar-refractivity contribution >= 4 is 16.7 Å². The van der Waals surface area contributed by atoms with E-state index < -0.39 is 16.7 Å². The summed E-state index contributed by atoms with van der Waals surface area (Å²) in [5.74, 6) is -0.428. The number of nitriles is 1. The van der Waals surface area contributed by atoms with Gasteiger partial charge in [0.25, 0.3) is 5.91 Å². The van der Waals surface area contributed by atoms with Crippen LogP contribution in [0, 0.1) is 18.3 Å². The smallest absolute Gasteiger partial charge is 0.257 e. The maximum absolute atomic E-state index is 12.8. The minimum Gasteiger partial charge on any atom is -0.348 e. The second-order valence-corrected chi connectivity index (χ2v) is 9.44. The van der Waals surface area contributed by atoms with Crippen LogP contribution in [0.3, 0.4) is 0 Å². The summed E-state index contributed by atoms with van der Waals surface area (Å²) < 4.78 is 13.5. The molecule has 162 valence electrons. The first-order valence-electron chi connectivity index (χ1n) is 10.3. The van der Waals surface area contributed by atoms with Crippen molar-refractivity contribution < 1.29 is 9.00 Å². The van der Waals surface area contributed by atoms with E-state index >= 15 is 0 Å². The molecule has 1 fully saturated rings. The predicted molar refractivity (Wildman–Crippen MR) is 123 cm³/mol. The molecule has 1 aliphatic rings. The summed E-state index contributed by atoms with van der Waals surface area (Å²) in [5.41, 5.74) is 2.78. The van der Waals surface area contributed by atoms with Crippen LogP contribution in [0.1, 0.15) is 45.6 Å². The normalized spacial score (nSPS) is 14.9. The van der Waals surface area contributed by atoms with Gasteiger partial charge in [-0.2, -0.15) is 5.26 Å². The molecular formula is C25H23N3O3S. The maximum Gasteiger partial charge on any atom is 0.257 e. The number of amides is 1. The summed E-state index contributed by atoms with van der Waals surface area (Å²) in [6.45, 7) is 2.13. The fourth-order valence-corrected chi connectivity index (χ4v) is 4.50. The molecule has 0 aliphatic heterocycles. The Bertz CT molecular complexity index is 1300. The van der Waals surface area contributed by atoms with Crippen molar-refractivity contribution in [1.82, 2.24) is 9.88 Å². The lowest BCUT2D eigenvalue weighted by Crippen LogP contribution is -2.31. The molecule has 32 heavy (non-hydrogen) atoms. The van der Waals surface area contributed by atoms with Gasteiger partial charge in [0, 0.05) is 46.5 Å². The van der Waals surface area contributed by atoms with E-state index in [1.807, 2.05) is 35.8 Å². The molecule has 0 bridgehead atoms. The number of aryl methyl sites for hydroxylation is 1. The number of rotatable bonds is 6. The van der Waals surface area contributed by atoms with Gasteiger partial charge in [-0.05, 0) is 55.2 Å². The molecule has 7 heteroatoms. The number of hydrogen-bond acceptors (Lipinski definition) is 4. The van der Waals surface area contributed by atoms with E-state index in [0.29, 0.717) is 5.56 Å². The van der Waals surface area contributed by atoms with Crippen LogP contribution in [0.2, 0.25) is 0 Å². The van der Waals surface area contributed by atoms with Crippen molar-refractivity contribution in [2.45, 2.75) is 36.7 Å². The molecule has 1 aliphatic carbocycles. The molecule has 0 saturated heterocycles. The Labute approximate surface area is 189 Å². The average Bonchev–Trinajstić information content (AvgIpc) is 3.59.